The van der Waals surface area contributed by atoms with Crippen LogP contribution in [0.1, 0.15) is 36.5 Å². The molecule has 21 heavy (non-hydrogen) atoms. The molecule has 0 saturated carbocycles. The number of carbonyl (C=O) groups excluding carboxylic acids is 1. The van der Waals surface area contributed by atoms with E-state index in [0.717, 1.165) is 18.4 Å². The smallest absolute Gasteiger partial charge is 0.220 e. The molecule has 1 heterocycles. The monoisotopic (exact) mass is 287 g/mol. The van der Waals surface area contributed by atoms with Gasteiger partial charge in [0.1, 0.15) is 0 Å². The molecule has 2 rings (SSSR count). The largest absolute Gasteiger partial charge is 0.472 e. The van der Waals surface area contributed by atoms with Gasteiger partial charge in [-0.15, -0.1) is 0 Å². The minimum atomic E-state index is -0.589. The van der Waals surface area contributed by atoms with Gasteiger partial charge in [-0.1, -0.05) is 30.3 Å². The second-order valence-electron chi connectivity index (χ2n) is 5.05. The zero-order valence-corrected chi connectivity index (χ0v) is 12.0. The molecule has 0 unspecified atom stereocenters. The van der Waals surface area contributed by atoms with Gasteiger partial charge in [0.25, 0.3) is 0 Å². The Balaban J connectivity index is 1.57. The average Bonchev–Trinajstić information content (AvgIpc) is 3.02. The van der Waals surface area contributed by atoms with Crippen LogP contribution in [0.25, 0.3) is 0 Å². The van der Waals surface area contributed by atoms with Crippen LogP contribution in [0.2, 0.25) is 0 Å². The van der Waals surface area contributed by atoms with E-state index in [1.165, 1.54) is 18.1 Å². The number of furan rings is 1. The lowest BCUT2D eigenvalue weighted by Crippen LogP contribution is -2.25. The summed E-state index contributed by atoms with van der Waals surface area (Å²) in [6.45, 7) is 0.469. The van der Waals surface area contributed by atoms with Crippen LogP contribution in [-0.2, 0) is 11.2 Å². The van der Waals surface area contributed by atoms with Crippen molar-refractivity contribution >= 4 is 5.91 Å². The number of amides is 1. The van der Waals surface area contributed by atoms with E-state index >= 15 is 0 Å². The highest BCUT2D eigenvalue weighted by atomic mass is 16.3. The second-order valence-corrected chi connectivity index (χ2v) is 5.05. The molecule has 1 amide bonds. The summed E-state index contributed by atoms with van der Waals surface area (Å²) < 4.78 is 4.91. The fourth-order valence-corrected chi connectivity index (χ4v) is 2.17. The summed E-state index contributed by atoms with van der Waals surface area (Å²) >= 11 is 0. The SMILES string of the molecule is O=C(CCCc1ccccc1)NCC[C@H](O)c1ccoc1. The van der Waals surface area contributed by atoms with Crippen molar-refractivity contribution in [1.82, 2.24) is 5.32 Å². The maximum Gasteiger partial charge on any atom is 0.220 e. The van der Waals surface area contributed by atoms with Gasteiger partial charge in [-0.05, 0) is 30.9 Å². The van der Waals surface area contributed by atoms with Crippen molar-refractivity contribution in [2.75, 3.05) is 6.54 Å². The Morgan fingerprint density at radius 1 is 1.24 bits per heavy atom. The Labute approximate surface area is 124 Å². The van der Waals surface area contributed by atoms with E-state index in [4.69, 9.17) is 4.42 Å². The van der Waals surface area contributed by atoms with Gasteiger partial charge in [-0.3, -0.25) is 4.79 Å². The predicted molar refractivity (Wildman–Crippen MR) is 80.7 cm³/mol. The first kappa shape index (κ1) is 15.3. The summed E-state index contributed by atoms with van der Waals surface area (Å²) in [6.07, 6.45) is 5.20. The highest BCUT2D eigenvalue weighted by Crippen LogP contribution is 2.15. The fourth-order valence-electron chi connectivity index (χ4n) is 2.17. The van der Waals surface area contributed by atoms with Crippen molar-refractivity contribution in [1.29, 1.82) is 0 Å². The van der Waals surface area contributed by atoms with Crippen molar-refractivity contribution < 1.29 is 14.3 Å². The third-order valence-corrected chi connectivity index (χ3v) is 3.38. The highest BCUT2D eigenvalue weighted by molar-refractivity contribution is 5.75. The maximum atomic E-state index is 11.7. The van der Waals surface area contributed by atoms with Gasteiger partial charge in [-0.25, -0.2) is 0 Å². The number of aryl methyl sites for hydroxylation is 1. The standard InChI is InChI=1S/C17H21NO3/c19-16(15-10-12-21-13-15)9-11-18-17(20)8-4-7-14-5-2-1-3-6-14/h1-3,5-6,10,12-13,16,19H,4,7-9,11H2,(H,18,20)/t16-/m0/s1. The fraction of sp³-hybridized carbons (Fsp3) is 0.353. The molecule has 0 aliphatic heterocycles. The number of aliphatic hydroxyl groups is 1. The van der Waals surface area contributed by atoms with E-state index in [1.54, 1.807) is 6.07 Å². The summed E-state index contributed by atoms with van der Waals surface area (Å²) in [5.74, 6) is 0.0327. The first-order chi connectivity index (χ1) is 10.3. The second kappa shape index (κ2) is 8.27. The van der Waals surface area contributed by atoms with Gasteiger partial charge in [0.15, 0.2) is 0 Å². The maximum absolute atomic E-state index is 11.7. The summed E-state index contributed by atoms with van der Waals surface area (Å²) in [5, 5.41) is 12.7. The summed E-state index contributed by atoms with van der Waals surface area (Å²) in [4.78, 5) is 11.7. The van der Waals surface area contributed by atoms with E-state index in [9.17, 15) is 9.90 Å². The van der Waals surface area contributed by atoms with Crippen LogP contribution in [-0.4, -0.2) is 17.6 Å². The molecule has 0 fully saturated rings. The van der Waals surface area contributed by atoms with Crippen molar-refractivity contribution in [3.63, 3.8) is 0 Å². The van der Waals surface area contributed by atoms with Crippen molar-refractivity contribution in [3.8, 4) is 0 Å². The third-order valence-electron chi connectivity index (χ3n) is 3.38. The van der Waals surface area contributed by atoms with Crippen LogP contribution in [0.15, 0.2) is 53.3 Å². The Bertz CT molecular complexity index is 522. The number of nitrogens with one attached hydrogen (secondary N) is 1. The van der Waals surface area contributed by atoms with Gasteiger partial charge >= 0.3 is 0 Å². The summed E-state index contributed by atoms with van der Waals surface area (Å²) in [6, 6.07) is 11.9. The molecule has 1 aromatic heterocycles. The molecule has 0 aliphatic carbocycles. The zero-order valence-electron chi connectivity index (χ0n) is 12.0. The lowest BCUT2D eigenvalue weighted by molar-refractivity contribution is -0.121. The molecule has 0 saturated heterocycles. The van der Waals surface area contributed by atoms with Crippen LogP contribution in [0.3, 0.4) is 0 Å². The van der Waals surface area contributed by atoms with Crippen LogP contribution in [0.5, 0.6) is 0 Å². The molecule has 0 spiro atoms. The molecule has 1 aromatic carbocycles. The van der Waals surface area contributed by atoms with Gasteiger partial charge in [0, 0.05) is 18.5 Å². The quantitative estimate of drug-likeness (QED) is 0.784. The average molecular weight is 287 g/mol. The third kappa shape index (κ3) is 5.44. The predicted octanol–water partition coefficient (Wildman–Crippen LogP) is 2.84. The molecule has 4 heteroatoms. The molecule has 0 aliphatic rings. The van der Waals surface area contributed by atoms with Crippen molar-refractivity contribution in [2.45, 2.75) is 31.8 Å². The van der Waals surface area contributed by atoms with Gasteiger partial charge in [0.05, 0.1) is 18.6 Å². The van der Waals surface area contributed by atoms with E-state index < -0.39 is 6.10 Å². The number of benzene rings is 1. The number of carbonyl (C=O) groups is 1. The first-order valence-corrected chi connectivity index (χ1v) is 7.26. The Morgan fingerprint density at radius 3 is 2.76 bits per heavy atom. The van der Waals surface area contributed by atoms with E-state index in [1.807, 2.05) is 18.2 Å². The molecular formula is C17H21NO3. The van der Waals surface area contributed by atoms with Crippen molar-refractivity contribution in [3.05, 3.63) is 60.1 Å². The van der Waals surface area contributed by atoms with Crippen LogP contribution >= 0.6 is 0 Å². The zero-order chi connectivity index (χ0) is 14.9. The van der Waals surface area contributed by atoms with Crippen LogP contribution in [0, 0.1) is 0 Å². The minimum Gasteiger partial charge on any atom is -0.472 e. The molecule has 4 nitrogen and oxygen atoms in total. The first-order valence-electron chi connectivity index (χ1n) is 7.26. The lowest BCUT2D eigenvalue weighted by Gasteiger charge is -2.09. The summed E-state index contributed by atoms with van der Waals surface area (Å²) in [7, 11) is 0. The molecule has 112 valence electrons. The van der Waals surface area contributed by atoms with E-state index in [0.29, 0.717) is 19.4 Å². The number of hydrogen-bond acceptors (Lipinski definition) is 3. The van der Waals surface area contributed by atoms with Gasteiger partial charge in [0.2, 0.25) is 5.91 Å². The Morgan fingerprint density at radius 2 is 2.05 bits per heavy atom. The highest BCUT2D eigenvalue weighted by Gasteiger charge is 2.09. The summed E-state index contributed by atoms with van der Waals surface area (Å²) in [5.41, 5.74) is 1.99. The molecule has 0 radical (unpaired) electrons. The Hall–Kier alpha value is -2.07. The normalized spacial score (nSPS) is 12.0. The lowest BCUT2D eigenvalue weighted by atomic mass is 10.1. The topological polar surface area (TPSA) is 62.5 Å². The van der Waals surface area contributed by atoms with Crippen LogP contribution < -0.4 is 5.32 Å². The van der Waals surface area contributed by atoms with Gasteiger partial charge < -0.3 is 14.8 Å². The van der Waals surface area contributed by atoms with Gasteiger partial charge in [-0.2, -0.15) is 0 Å². The molecule has 2 aromatic rings. The van der Waals surface area contributed by atoms with Crippen molar-refractivity contribution in [2.24, 2.45) is 0 Å². The van der Waals surface area contributed by atoms with E-state index in [2.05, 4.69) is 17.4 Å². The van der Waals surface area contributed by atoms with Crippen LogP contribution in [0.4, 0.5) is 0 Å². The minimum absolute atomic E-state index is 0.0327. The Kier molecular flexibility index (Phi) is 6.03. The molecular weight excluding hydrogens is 266 g/mol. The number of aliphatic hydroxyl groups excluding tert-OH is 1. The molecule has 2 N–H and O–H groups in total. The molecule has 0 bridgehead atoms. The number of rotatable bonds is 8. The van der Waals surface area contributed by atoms with E-state index in [-0.39, 0.29) is 5.91 Å². The molecule has 1 atom stereocenters. The number of hydrogen-bond donors (Lipinski definition) is 2.